The molecule has 45 heavy (non-hydrogen) atoms. The van der Waals surface area contributed by atoms with Crippen molar-refractivity contribution in [3.63, 3.8) is 0 Å². The molecule has 0 radical (unpaired) electrons. The Bertz CT molecular complexity index is 1660. The number of unbranched alkanes of at least 4 members (excludes halogenated alkanes) is 9. The molecule has 4 aromatic carbocycles. The van der Waals surface area contributed by atoms with Crippen LogP contribution in [0.5, 0.6) is 5.75 Å². The molecule has 5 aromatic rings. The molecule has 1 heterocycles. The van der Waals surface area contributed by atoms with Gasteiger partial charge in [-0.1, -0.05) is 95.9 Å². The second-order valence-electron chi connectivity index (χ2n) is 12.0. The van der Waals surface area contributed by atoms with Crippen LogP contribution in [-0.2, 0) is 6.54 Å². The molecule has 0 amide bonds. The number of hydrogen-bond acceptors (Lipinski definition) is 4. The Morgan fingerprint density at radius 3 is 1.91 bits per heavy atom. The highest BCUT2D eigenvalue weighted by atomic mass is 16.6. The van der Waals surface area contributed by atoms with E-state index in [1.54, 1.807) is 12.1 Å². The first kappa shape index (κ1) is 32.1. The minimum absolute atomic E-state index is 0.0836. The van der Waals surface area contributed by atoms with Crippen molar-refractivity contribution in [2.24, 2.45) is 0 Å². The first-order valence-electron chi connectivity index (χ1n) is 16.9. The lowest BCUT2D eigenvalue weighted by Crippen LogP contribution is -2.10. The lowest BCUT2D eigenvalue weighted by Gasteiger charge is -2.25. The number of anilines is 3. The minimum Gasteiger partial charge on any atom is -0.494 e. The third kappa shape index (κ3) is 8.05. The van der Waals surface area contributed by atoms with Gasteiger partial charge in [0.25, 0.3) is 5.69 Å². The number of hydrogen-bond donors (Lipinski definition) is 0. The number of non-ortho nitro benzene ring substituents is 1. The summed E-state index contributed by atoms with van der Waals surface area (Å²) in [7, 11) is 0. The van der Waals surface area contributed by atoms with Crippen LogP contribution in [0, 0.1) is 10.1 Å². The van der Waals surface area contributed by atoms with Gasteiger partial charge in [0.1, 0.15) is 5.75 Å². The van der Waals surface area contributed by atoms with Crippen LogP contribution in [0.1, 0.15) is 84.5 Å². The summed E-state index contributed by atoms with van der Waals surface area (Å²) in [6.07, 6.45) is 13.6. The van der Waals surface area contributed by atoms with E-state index in [1.165, 1.54) is 79.6 Å². The van der Waals surface area contributed by atoms with Crippen molar-refractivity contribution < 1.29 is 9.66 Å². The average molecular weight is 606 g/mol. The molecule has 6 heteroatoms. The molecule has 0 aliphatic rings. The molecular weight excluding hydrogens is 558 g/mol. The van der Waals surface area contributed by atoms with Crippen molar-refractivity contribution >= 4 is 44.6 Å². The summed E-state index contributed by atoms with van der Waals surface area (Å²) in [4.78, 5) is 13.2. The fourth-order valence-electron chi connectivity index (χ4n) is 6.23. The first-order chi connectivity index (χ1) is 22.1. The zero-order valence-corrected chi connectivity index (χ0v) is 26.9. The molecule has 6 nitrogen and oxygen atoms in total. The maximum absolute atomic E-state index is 11.4. The van der Waals surface area contributed by atoms with Gasteiger partial charge in [-0.15, -0.1) is 0 Å². The first-order valence-corrected chi connectivity index (χ1v) is 16.9. The van der Waals surface area contributed by atoms with Crippen LogP contribution < -0.4 is 9.64 Å². The highest BCUT2D eigenvalue weighted by Crippen LogP contribution is 2.39. The molecule has 5 rings (SSSR count). The van der Waals surface area contributed by atoms with Crippen LogP contribution in [0.15, 0.2) is 91.0 Å². The van der Waals surface area contributed by atoms with Crippen LogP contribution in [0.4, 0.5) is 22.7 Å². The summed E-state index contributed by atoms with van der Waals surface area (Å²) in [6.45, 7) is 6.20. The number of nitro benzene ring substituents is 1. The lowest BCUT2D eigenvalue weighted by molar-refractivity contribution is -0.384. The molecule has 0 atom stereocenters. The second-order valence-corrected chi connectivity index (χ2v) is 12.0. The lowest BCUT2D eigenvalue weighted by atomic mass is 10.1. The van der Waals surface area contributed by atoms with E-state index in [0.717, 1.165) is 48.8 Å². The summed E-state index contributed by atoms with van der Waals surface area (Å²) in [6, 6.07) is 30.2. The van der Waals surface area contributed by atoms with Gasteiger partial charge in [0.2, 0.25) is 0 Å². The largest absolute Gasteiger partial charge is 0.494 e. The number of aromatic nitrogens is 1. The summed E-state index contributed by atoms with van der Waals surface area (Å²) >= 11 is 0. The van der Waals surface area contributed by atoms with E-state index in [0.29, 0.717) is 0 Å². The van der Waals surface area contributed by atoms with E-state index >= 15 is 0 Å². The molecule has 0 bridgehead atoms. The maximum atomic E-state index is 11.4. The molecule has 236 valence electrons. The number of fused-ring (bicyclic) bond motifs is 3. The number of para-hydroxylation sites is 1. The third-order valence-electron chi connectivity index (χ3n) is 8.67. The van der Waals surface area contributed by atoms with Crippen molar-refractivity contribution in [3.8, 4) is 5.75 Å². The zero-order valence-electron chi connectivity index (χ0n) is 26.9. The Balaban J connectivity index is 1.52. The van der Waals surface area contributed by atoms with Crippen LogP contribution in [0.25, 0.3) is 21.8 Å². The smallest absolute Gasteiger partial charge is 0.269 e. The van der Waals surface area contributed by atoms with Gasteiger partial charge in [0, 0.05) is 52.6 Å². The predicted octanol–water partition coefficient (Wildman–Crippen LogP) is 11.9. The second kappa shape index (κ2) is 16.1. The van der Waals surface area contributed by atoms with E-state index < -0.39 is 0 Å². The quantitative estimate of drug-likeness (QED) is 0.0566. The third-order valence-corrected chi connectivity index (χ3v) is 8.67. The van der Waals surface area contributed by atoms with Gasteiger partial charge in [-0.3, -0.25) is 10.1 Å². The topological polar surface area (TPSA) is 60.5 Å². The van der Waals surface area contributed by atoms with E-state index in [2.05, 4.69) is 71.8 Å². The summed E-state index contributed by atoms with van der Waals surface area (Å²) < 4.78 is 8.72. The monoisotopic (exact) mass is 605 g/mol. The highest BCUT2D eigenvalue weighted by molar-refractivity contribution is 6.09. The van der Waals surface area contributed by atoms with E-state index in [-0.39, 0.29) is 10.6 Å². The van der Waals surface area contributed by atoms with Crippen LogP contribution in [-0.4, -0.2) is 16.1 Å². The molecule has 0 N–H and O–H groups in total. The molecule has 1 aromatic heterocycles. The normalized spacial score (nSPS) is 11.3. The van der Waals surface area contributed by atoms with Gasteiger partial charge in [-0.25, -0.2) is 0 Å². The Morgan fingerprint density at radius 2 is 1.22 bits per heavy atom. The Morgan fingerprint density at radius 1 is 0.644 bits per heavy atom. The minimum atomic E-state index is -0.353. The molecular formula is C39H47N3O3. The Hall–Kier alpha value is -4.32. The fourth-order valence-corrected chi connectivity index (χ4v) is 6.23. The molecule has 0 saturated heterocycles. The zero-order chi connectivity index (χ0) is 31.4. The van der Waals surface area contributed by atoms with Gasteiger partial charge in [0.15, 0.2) is 0 Å². The van der Waals surface area contributed by atoms with Crippen molar-refractivity contribution in [1.82, 2.24) is 4.57 Å². The van der Waals surface area contributed by atoms with Crippen LogP contribution in [0.2, 0.25) is 0 Å². The molecule has 0 aliphatic carbocycles. The van der Waals surface area contributed by atoms with Crippen molar-refractivity contribution in [3.05, 3.63) is 101 Å². The molecule has 0 aliphatic heterocycles. The highest BCUT2D eigenvalue weighted by Gasteiger charge is 2.18. The number of benzene rings is 4. The van der Waals surface area contributed by atoms with Crippen molar-refractivity contribution in [2.45, 2.75) is 91.0 Å². The Kier molecular flexibility index (Phi) is 11.5. The predicted molar refractivity (Wildman–Crippen MR) is 188 cm³/mol. The molecule has 0 unspecified atom stereocenters. The van der Waals surface area contributed by atoms with Crippen molar-refractivity contribution in [1.29, 1.82) is 0 Å². The average Bonchev–Trinajstić information content (AvgIpc) is 3.37. The molecule has 0 saturated carbocycles. The standard InChI is InChI=1S/C39H47N3O3/c1-3-5-7-9-10-15-27-40-38-29-34(41(31-17-13-12-14-18-31)32-19-21-33(22-20-32)42(43)44)23-25-36(38)37-26-24-35(30-39(37)40)45-28-16-11-8-6-4-2/h12-14,17-26,29-30H,3-11,15-16,27-28H2,1-2H3. The summed E-state index contributed by atoms with van der Waals surface area (Å²) in [5, 5.41) is 13.8. The van der Waals surface area contributed by atoms with Gasteiger partial charge in [-0.2, -0.15) is 0 Å². The van der Waals surface area contributed by atoms with Gasteiger partial charge in [0.05, 0.1) is 22.6 Å². The van der Waals surface area contributed by atoms with E-state index in [1.807, 2.05) is 30.3 Å². The number of nitro groups is 1. The molecule has 0 fully saturated rings. The summed E-state index contributed by atoms with van der Waals surface area (Å²) in [5.74, 6) is 0.932. The number of ether oxygens (including phenoxy) is 1. The summed E-state index contributed by atoms with van der Waals surface area (Å²) in [5.41, 5.74) is 5.37. The number of aryl methyl sites for hydroxylation is 1. The van der Waals surface area contributed by atoms with Crippen LogP contribution >= 0.6 is 0 Å². The van der Waals surface area contributed by atoms with Gasteiger partial charge < -0.3 is 14.2 Å². The van der Waals surface area contributed by atoms with Gasteiger partial charge in [-0.05, 0) is 61.4 Å². The van der Waals surface area contributed by atoms with Crippen molar-refractivity contribution in [2.75, 3.05) is 11.5 Å². The van der Waals surface area contributed by atoms with E-state index in [4.69, 9.17) is 4.74 Å². The van der Waals surface area contributed by atoms with E-state index in [9.17, 15) is 10.1 Å². The fraction of sp³-hybridized carbons (Fsp3) is 0.385. The number of rotatable bonds is 18. The maximum Gasteiger partial charge on any atom is 0.269 e. The number of nitrogens with zero attached hydrogens (tertiary/aromatic N) is 3. The van der Waals surface area contributed by atoms with Crippen LogP contribution in [0.3, 0.4) is 0 Å². The Labute approximate surface area is 267 Å². The van der Waals surface area contributed by atoms with Gasteiger partial charge >= 0.3 is 0 Å². The molecule has 0 spiro atoms. The SMILES string of the molecule is CCCCCCCCn1c2cc(OCCCCCCC)ccc2c2ccc(N(c3ccccc3)c3ccc([N+](=O)[O-])cc3)cc21.